The Morgan fingerprint density at radius 1 is 1.08 bits per heavy atom. The molecule has 2 N–H and O–H groups in total. The smallest absolute Gasteiger partial charge is 0.323 e. The minimum atomic E-state index is -0.499. The van der Waals surface area contributed by atoms with Crippen molar-refractivity contribution in [2.24, 2.45) is 17.6 Å². The van der Waals surface area contributed by atoms with E-state index in [1.807, 2.05) is 34.6 Å². The quantitative estimate of drug-likeness (QED) is 0.679. The Balaban J connectivity index is 4.00. The summed E-state index contributed by atoms with van der Waals surface area (Å²) in [6.45, 7) is 9.73. The summed E-state index contributed by atoms with van der Waals surface area (Å²) in [5.74, 6) is 0.173. The number of rotatable bonds is 4. The fraction of sp³-hybridized carbons (Fsp3) is 0.900. The lowest BCUT2D eigenvalue weighted by Crippen LogP contribution is -2.39. The van der Waals surface area contributed by atoms with Gasteiger partial charge in [0.25, 0.3) is 0 Å². The minimum absolute atomic E-state index is 0.0581. The van der Waals surface area contributed by atoms with Gasteiger partial charge < -0.3 is 10.5 Å². The van der Waals surface area contributed by atoms with Crippen LogP contribution in [0.4, 0.5) is 0 Å². The van der Waals surface area contributed by atoms with E-state index < -0.39 is 6.04 Å². The molecule has 3 nitrogen and oxygen atoms in total. The number of hydrogen-bond donors (Lipinski definition) is 1. The number of carbonyl (C=O) groups is 1. The zero-order valence-corrected chi connectivity index (χ0v) is 9.20. The van der Waals surface area contributed by atoms with Crippen LogP contribution in [0, 0.1) is 11.8 Å². The molecule has 0 aliphatic carbocycles. The van der Waals surface area contributed by atoms with Crippen LogP contribution in [0.3, 0.4) is 0 Å². The average Bonchev–Trinajstić information content (AvgIpc) is 2.02. The normalized spacial score (nSPS) is 16.0. The van der Waals surface area contributed by atoms with Gasteiger partial charge in [0.05, 0.1) is 0 Å². The monoisotopic (exact) mass is 187 g/mol. The Labute approximate surface area is 80.6 Å². The van der Waals surface area contributed by atoms with E-state index in [0.29, 0.717) is 5.92 Å². The standard InChI is InChI=1S/C10H21NO2/c1-6(2)8(5)13-10(12)9(11)7(3)4/h6-9H,11H2,1-5H3/t8-,9+/m1/s1. The molecule has 0 saturated heterocycles. The molecule has 0 fully saturated rings. The van der Waals surface area contributed by atoms with Crippen LogP contribution in [0.2, 0.25) is 0 Å². The van der Waals surface area contributed by atoms with Gasteiger partial charge in [0.2, 0.25) is 0 Å². The predicted molar refractivity (Wildman–Crippen MR) is 53.2 cm³/mol. The van der Waals surface area contributed by atoms with Crippen molar-refractivity contribution in [3.05, 3.63) is 0 Å². The summed E-state index contributed by atoms with van der Waals surface area (Å²) in [5.41, 5.74) is 5.63. The summed E-state index contributed by atoms with van der Waals surface area (Å²) in [4.78, 5) is 11.4. The van der Waals surface area contributed by atoms with E-state index >= 15 is 0 Å². The lowest BCUT2D eigenvalue weighted by molar-refractivity contribution is -0.152. The number of carbonyl (C=O) groups excluding carboxylic acids is 1. The topological polar surface area (TPSA) is 52.3 Å². The molecule has 78 valence electrons. The van der Waals surface area contributed by atoms with E-state index in [1.54, 1.807) is 0 Å². The van der Waals surface area contributed by atoms with Gasteiger partial charge in [-0.3, -0.25) is 4.79 Å². The molecule has 0 amide bonds. The molecular formula is C10H21NO2. The van der Waals surface area contributed by atoms with E-state index in [0.717, 1.165) is 0 Å². The average molecular weight is 187 g/mol. The van der Waals surface area contributed by atoms with Crippen LogP contribution in [0.25, 0.3) is 0 Å². The molecule has 0 aliphatic heterocycles. The Morgan fingerprint density at radius 2 is 1.54 bits per heavy atom. The van der Waals surface area contributed by atoms with Gasteiger partial charge in [-0.15, -0.1) is 0 Å². The van der Waals surface area contributed by atoms with Crippen molar-refractivity contribution < 1.29 is 9.53 Å². The van der Waals surface area contributed by atoms with Gasteiger partial charge in [-0.2, -0.15) is 0 Å². The van der Waals surface area contributed by atoms with Gasteiger partial charge in [0, 0.05) is 0 Å². The zero-order chi connectivity index (χ0) is 10.6. The van der Waals surface area contributed by atoms with E-state index in [9.17, 15) is 4.79 Å². The van der Waals surface area contributed by atoms with Crippen molar-refractivity contribution in [2.45, 2.75) is 46.8 Å². The summed E-state index contributed by atoms with van der Waals surface area (Å²) in [5, 5.41) is 0. The highest BCUT2D eigenvalue weighted by molar-refractivity contribution is 5.75. The molecule has 0 aromatic heterocycles. The first-order chi connectivity index (χ1) is 5.86. The van der Waals surface area contributed by atoms with Gasteiger partial charge in [-0.05, 0) is 18.8 Å². The maximum atomic E-state index is 11.4. The van der Waals surface area contributed by atoms with E-state index in [4.69, 9.17) is 10.5 Å². The molecule has 13 heavy (non-hydrogen) atoms. The van der Waals surface area contributed by atoms with E-state index in [1.165, 1.54) is 0 Å². The number of hydrogen-bond acceptors (Lipinski definition) is 3. The van der Waals surface area contributed by atoms with Crippen molar-refractivity contribution in [1.29, 1.82) is 0 Å². The van der Waals surface area contributed by atoms with Crippen LogP contribution < -0.4 is 5.73 Å². The Bertz CT molecular complexity index is 166. The number of nitrogens with two attached hydrogens (primary N) is 1. The van der Waals surface area contributed by atoms with Crippen LogP contribution in [0.1, 0.15) is 34.6 Å². The molecule has 0 bridgehead atoms. The van der Waals surface area contributed by atoms with Crippen molar-refractivity contribution in [1.82, 2.24) is 0 Å². The molecule has 0 saturated carbocycles. The van der Waals surface area contributed by atoms with Crippen LogP contribution in [-0.4, -0.2) is 18.1 Å². The fourth-order valence-electron chi connectivity index (χ4n) is 0.670. The molecular weight excluding hydrogens is 166 g/mol. The van der Waals surface area contributed by atoms with Crippen LogP contribution in [0.15, 0.2) is 0 Å². The zero-order valence-electron chi connectivity index (χ0n) is 9.20. The first-order valence-electron chi connectivity index (χ1n) is 4.82. The molecule has 0 heterocycles. The second-order valence-corrected chi connectivity index (χ2v) is 4.16. The van der Waals surface area contributed by atoms with Crippen molar-refractivity contribution in [2.75, 3.05) is 0 Å². The number of esters is 1. The van der Waals surface area contributed by atoms with E-state index in [2.05, 4.69) is 0 Å². The van der Waals surface area contributed by atoms with Crippen LogP contribution in [0.5, 0.6) is 0 Å². The first kappa shape index (κ1) is 12.4. The Kier molecular flexibility index (Phi) is 4.99. The molecule has 0 rings (SSSR count). The van der Waals surface area contributed by atoms with Gasteiger partial charge in [-0.1, -0.05) is 27.7 Å². The third-order valence-electron chi connectivity index (χ3n) is 2.23. The van der Waals surface area contributed by atoms with Crippen molar-refractivity contribution in [3.63, 3.8) is 0 Å². The maximum absolute atomic E-state index is 11.4. The van der Waals surface area contributed by atoms with Gasteiger partial charge >= 0.3 is 5.97 Å². The second-order valence-electron chi connectivity index (χ2n) is 4.16. The van der Waals surface area contributed by atoms with Crippen LogP contribution >= 0.6 is 0 Å². The highest BCUT2D eigenvalue weighted by Gasteiger charge is 2.21. The largest absolute Gasteiger partial charge is 0.461 e. The van der Waals surface area contributed by atoms with Crippen molar-refractivity contribution >= 4 is 5.97 Å². The molecule has 0 aromatic rings. The lowest BCUT2D eigenvalue weighted by Gasteiger charge is -2.20. The molecule has 0 aromatic carbocycles. The van der Waals surface area contributed by atoms with Gasteiger partial charge in [0.1, 0.15) is 12.1 Å². The molecule has 0 radical (unpaired) electrons. The Hall–Kier alpha value is -0.570. The third kappa shape index (κ3) is 4.27. The summed E-state index contributed by atoms with van der Waals surface area (Å²) in [6, 6.07) is -0.499. The minimum Gasteiger partial charge on any atom is -0.461 e. The summed E-state index contributed by atoms with van der Waals surface area (Å²) in [7, 11) is 0. The highest BCUT2D eigenvalue weighted by Crippen LogP contribution is 2.08. The first-order valence-corrected chi connectivity index (χ1v) is 4.82. The van der Waals surface area contributed by atoms with Gasteiger partial charge in [0.15, 0.2) is 0 Å². The molecule has 0 aliphatic rings. The maximum Gasteiger partial charge on any atom is 0.323 e. The molecule has 0 unspecified atom stereocenters. The predicted octanol–water partition coefficient (Wildman–Crippen LogP) is 1.56. The second kappa shape index (κ2) is 5.22. The van der Waals surface area contributed by atoms with E-state index in [-0.39, 0.29) is 18.0 Å². The van der Waals surface area contributed by atoms with Gasteiger partial charge in [-0.25, -0.2) is 0 Å². The fourth-order valence-corrected chi connectivity index (χ4v) is 0.670. The third-order valence-corrected chi connectivity index (χ3v) is 2.23. The Morgan fingerprint density at radius 3 is 1.85 bits per heavy atom. The number of ether oxygens (including phenoxy) is 1. The summed E-state index contributed by atoms with van der Waals surface area (Å²) >= 11 is 0. The molecule has 3 heteroatoms. The SMILES string of the molecule is CC(C)[C@H](N)C(=O)O[C@H](C)C(C)C. The molecule has 2 atom stereocenters. The van der Waals surface area contributed by atoms with Crippen LogP contribution in [-0.2, 0) is 9.53 Å². The lowest BCUT2D eigenvalue weighted by atomic mass is 10.1. The summed E-state index contributed by atoms with van der Waals surface area (Å²) < 4.78 is 5.17. The summed E-state index contributed by atoms with van der Waals surface area (Å²) in [6.07, 6.45) is -0.0581. The highest BCUT2D eigenvalue weighted by atomic mass is 16.5. The van der Waals surface area contributed by atoms with Crippen molar-refractivity contribution in [3.8, 4) is 0 Å². The molecule has 0 spiro atoms.